The largest absolute Gasteiger partial charge is 0.366 e. The summed E-state index contributed by atoms with van der Waals surface area (Å²) in [6.07, 6.45) is 1.18. The van der Waals surface area contributed by atoms with Gasteiger partial charge in [-0.25, -0.2) is 21.4 Å². The van der Waals surface area contributed by atoms with Crippen LogP contribution in [0.15, 0.2) is 65.6 Å². The van der Waals surface area contributed by atoms with E-state index in [1.54, 1.807) is 28.8 Å². The fourth-order valence-corrected chi connectivity index (χ4v) is 6.16. The number of aromatic nitrogens is 3. The third-order valence-electron chi connectivity index (χ3n) is 6.19. The molecule has 1 saturated heterocycles. The molecule has 0 saturated carbocycles. The van der Waals surface area contributed by atoms with Gasteiger partial charge in [0.25, 0.3) is 0 Å². The Bertz CT molecular complexity index is 1600. The first-order chi connectivity index (χ1) is 16.6. The quantitative estimate of drug-likeness (QED) is 0.432. The number of anilines is 1. The summed E-state index contributed by atoms with van der Waals surface area (Å²) in [7, 11) is -6.18. The number of hydrogen-bond donors (Lipinski definition) is 1. The molecule has 1 aliphatic rings. The first-order valence-corrected chi connectivity index (χ1v) is 14.8. The predicted octanol–water partition coefficient (Wildman–Crippen LogP) is 2.28. The number of sulfone groups is 2. The van der Waals surface area contributed by atoms with E-state index in [1.165, 1.54) is 6.26 Å². The van der Waals surface area contributed by atoms with E-state index in [-0.39, 0.29) is 22.3 Å². The normalized spacial score (nSPS) is 16.5. The van der Waals surface area contributed by atoms with E-state index < -0.39 is 19.7 Å². The molecule has 2 N–H and O–H groups in total. The molecule has 3 heterocycles. The zero-order chi connectivity index (χ0) is 24.8. The highest BCUT2D eigenvalue weighted by molar-refractivity contribution is 7.91. The molecule has 2 aromatic carbocycles. The van der Waals surface area contributed by atoms with Crippen LogP contribution in [0, 0.1) is 0 Å². The molecule has 0 spiro atoms. The second-order valence-corrected chi connectivity index (χ2v) is 13.1. The SMILES string of the molecule is CS(=O)(=O)c1ccc(-c2ccc(-c3ccc(CN4CCS(=O)(=O)CC4)cc3)c3nc(N)nn23)cc1. The van der Waals surface area contributed by atoms with Crippen LogP contribution >= 0.6 is 0 Å². The minimum Gasteiger partial charge on any atom is -0.366 e. The van der Waals surface area contributed by atoms with Crippen molar-refractivity contribution in [3.8, 4) is 22.4 Å². The van der Waals surface area contributed by atoms with Crippen molar-refractivity contribution in [2.45, 2.75) is 11.4 Å². The van der Waals surface area contributed by atoms with Crippen molar-refractivity contribution >= 4 is 31.3 Å². The number of hydrogen-bond acceptors (Lipinski definition) is 8. The summed E-state index contributed by atoms with van der Waals surface area (Å²) < 4.78 is 48.6. The Morgan fingerprint density at radius 2 is 1.54 bits per heavy atom. The van der Waals surface area contributed by atoms with Gasteiger partial charge in [0.1, 0.15) is 0 Å². The zero-order valence-corrected chi connectivity index (χ0v) is 20.8. The molecule has 5 rings (SSSR count). The van der Waals surface area contributed by atoms with Crippen LogP contribution in [0.3, 0.4) is 0 Å². The minimum absolute atomic E-state index is 0.142. The lowest BCUT2D eigenvalue weighted by Crippen LogP contribution is -2.39. The summed E-state index contributed by atoms with van der Waals surface area (Å²) in [5, 5.41) is 4.36. The van der Waals surface area contributed by atoms with Crippen LogP contribution in [0.25, 0.3) is 28.0 Å². The molecule has 35 heavy (non-hydrogen) atoms. The van der Waals surface area contributed by atoms with Crippen molar-refractivity contribution in [1.29, 1.82) is 0 Å². The van der Waals surface area contributed by atoms with Gasteiger partial charge in [-0.1, -0.05) is 36.4 Å². The Labute approximate surface area is 204 Å². The van der Waals surface area contributed by atoms with Gasteiger partial charge in [-0.05, 0) is 35.4 Å². The third-order valence-corrected chi connectivity index (χ3v) is 8.92. The van der Waals surface area contributed by atoms with Crippen LogP contribution in [-0.4, -0.2) is 67.2 Å². The Kier molecular flexibility index (Phi) is 5.86. The average Bonchev–Trinajstić information content (AvgIpc) is 3.21. The maximum atomic E-state index is 11.8. The Balaban J connectivity index is 1.44. The molecule has 1 aliphatic heterocycles. The van der Waals surface area contributed by atoms with Gasteiger partial charge in [0.15, 0.2) is 25.3 Å². The second-order valence-electron chi connectivity index (χ2n) is 8.76. The number of nitrogens with zero attached hydrogens (tertiary/aromatic N) is 4. The molecule has 0 amide bonds. The molecular formula is C24H25N5O4S2. The smallest absolute Gasteiger partial charge is 0.240 e. The summed E-state index contributed by atoms with van der Waals surface area (Å²) in [5.41, 5.74) is 11.0. The van der Waals surface area contributed by atoms with Gasteiger partial charge in [0.05, 0.1) is 22.1 Å². The molecule has 1 fully saturated rings. The summed E-state index contributed by atoms with van der Waals surface area (Å²) in [4.78, 5) is 6.83. The molecule has 11 heteroatoms. The number of fused-ring (bicyclic) bond motifs is 1. The summed E-state index contributed by atoms with van der Waals surface area (Å²) in [6, 6.07) is 18.6. The van der Waals surface area contributed by atoms with E-state index in [1.807, 2.05) is 36.4 Å². The number of rotatable bonds is 5. The number of nitrogens with two attached hydrogens (primary N) is 1. The van der Waals surface area contributed by atoms with Gasteiger partial charge in [0.2, 0.25) is 5.95 Å². The maximum Gasteiger partial charge on any atom is 0.240 e. The molecular weight excluding hydrogens is 486 g/mol. The lowest BCUT2D eigenvalue weighted by Gasteiger charge is -2.26. The fourth-order valence-electron chi connectivity index (χ4n) is 4.25. The summed E-state index contributed by atoms with van der Waals surface area (Å²) >= 11 is 0. The van der Waals surface area contributed by atoms with Crippen LogP contribution in [0.4, 0.5) is 5.95 Å². The van der Waals surface area contributed by atoms with Gasteiger partial charge in [0, 0.05) is 37.0 Å². The molecule has 0 aliphatic carbocycles. The second kappa shape index (κ2) is 8.74. The average molecular weight is 512 g/mol. The van der Waals surface area contributed by atoms with Gasteiger partial charge in [-0.15, -0.1) is 5.10 Å². The first-order valence-electron chi connectivity index (χ1n) is 11.1. The van der Waals surface area contributed by atoms with E-state index in [9.17, 15) is 16.8 Å². The summed E-state index contributed by atoms with van der Waals surface area (Å²) in [6.45, 7) is 1.80. The Hall–Kier alpha value is -3.28. The summed E-state index contributed by atoms with van der Waals surface area (Å²) in [5.74, 6) is 0.560. The van der Waals surface area contributed by atoms with Crippen molar-refractivity contribution in [3.05, 3.63) is 66.2 Å². The highest BCUT2D eigenvalue weighted by Crippen LogP contribution is 2.30. The lowest BCUT2D eigenvalue weighted by molar-refractivity contribution is 0.287. The molecule has 4 aromatic rings. The van der Waals surface area contributed by atoms with Gasteiger partial charge in [-0.3, -0.25) is 4.90 Å². The predicted molar refractivity (Wildman–Crippen MR) is 135 cm³/mol. The van der Waals surface area contributed by atoms with Gasteiger partial charge >= 0.3 is 0 Å². The van der Waals surface area contributed by atoms with Crippen LogP contribution in [0.5, 0.6) is 0 Å². The van der Waals surface area contributed by atoms with Crippen molar-refractivity contribution in [3.63, 3.8) is 0 Å². The van der Waals surface area contributed by atoms with Crippen molar-refractivity contribution in [1.82, 2.24) is 19.5 Å². The van der Waals surface area contributed by atoms with Crippen molar-refractivity contribution in [2.24, 2.45) is 0 Å². The molecule has 0 radical (unpaired) electrons. The lowest BCUT2D eigenvalue weighted by atomic mass is 10.0. The van der Waals surface area contributed by atoms with E-state index in [2.05, 4.69) is 15.0 Å². The minimum atomic E-state index is -3.29. The maximum absolute atomic E-state index is 11.8. The standard InChI is InChI=1S/C24H25N5O4S2/c1-34(30,31)20-8-6-19(7-9-20)22-11-10-21(23-26-24(25)27-29(22)23)18-4-2-17(3-5-18)16-28-12-14-35(32,33)15-13-28/h2-11H,12-16H2,1H3,(H2,25,27). The Morgan fingerprint density at radius 1 is 0.914 bits per heavy atom. The third kappa shape index (κ3) is 4.93. The van der Waals surface area contributed by atoms with Crippen LogP contribution in [0.2, 0.25) is 0 Å². The van der Waals surface area contributed by atoms with E-state index in [0.29, 0.717) is 25.3 Å². The van der Waals surface area contributed by atoms with Gasteiger partial charge < -0.3 is 5.73 Å². The van der Waals surface area contributed by atoms with Crippen LogP contribution < -0.4 is 5.73 Å². The fraction of sp³-hybridized carbons (Fsp3) is 0.250. The first kappa shape index (κ1) is 23.5. The van der Waals surface area contributed by atoms with Crippen LogP contribution in [0.1, 0.15) is 5.56 Å². The highest BCUT2D eigenvalue weighted by Gasteiger charge is 2.21. The molecule has 0 atom stereocenters. The number of nitrogen functional groups attached to an aromatic ring is 1. The topological polar surface area (TPSA) is 128 Å². The molecule has 2 aromatic heterocycles. The zero-order valence-electron chi connectivity index (χ0n) is 19.1. The van der Waals surface area contributed by atoms with E-state index in [4.69, 9.17) is 5.73 Å². The molecule has 182 valence electrons. The van der Waals surface area contributed by atoms with Crippen molar-refractivity contribution < 1.29 is 16.8 Å². The molecule has 9 nitrogen and oxygen atoms in total. The van der Waals surface area contributed by atoms with E-state index in [0.717, 1.165) is 27.9 Å². The molecule has 0 bridgehead atoms. The van der Waals surface area contributed by atoms with Crippen LogP contribution in [-0.2, 0) is 26.2 Å². The van der Waals surface area contributed by atoms with E-state index >= 15 is 0 Å². The molecule has 0 unspecified atom stereocenters. The monoisotopic (exact) mass is 511 g/mol. The van der Waals surface area contributed by atoms with Crippen molar-refractivity contribution in [2.75, 3.05) is 36.6 Å². The number of pyridine rings is 1. The van der Waals surface area contributed by atoms with Gasteiger partial charge in [-0.2, -0.15) is 4.98 Å². The highest BCUT2D eigenvalue weighted by atomic mass is 32.2. The Morgan fingerprint density at radius 3 is 2.17 bits per heavy atom. The number of benzene rings is 2.